The van der Waals surface area contributed by atoms with E-state index in [0.29, 0.717) is 0 Å². The monoisotopic (exact) mass is 141 g/mol. The molecule has 2 bridgehead atoms. The molecule has 0 aromatic rings. The van der Waals surface area contributed by atoms with Crippen molar-refractivity contribution < 1.29 is 9.31 Å². The molecule has 3 aliphatic rings. The molecule has 3 aliphatic heterocycles. The Labute approximate surface area is 61.5 Å². The predicted molar refractivity (Wildman–Crippen MR) is 38.4 cm³/mol. The van der Waals surface area contributed by atoms with Crippen LogP contribution in [0.4, 0.5) is 0 Å². The highest BCUT2D eigenvalue weighted by molar-refractivity contribution is 6.41. The Kier molecular flexibility index (Phi) is 1.31. The summed E-state index contributed by atoms with van der Waals surface area (Å²) < 4.78 is 10.8. The molecule has 0 aromatic heterocycles. The van der Waals surface area contributed by atoms with Gasteiger partial charge in [0.05, 0.1) is 0 Å². The minimum absolute atomic E-state index is 0.0678. The van der Waals surface area contributed by atoms with Crippen molar-refractivity contribution in [2.24, 2.45) is 5.41 Å². The number of nitrogens with zero attached hydrogens (tertiary/aromatic N) is 1. The van der Waals surface area contributed by atoms with Crippen LogP contribution in [0.2, 0.25) is 0 Å². The van der Waals surface area contributed by atoms with Gasteiger partial charge in [-0.15, -0.1) is 0 Å². The molecule has 4 heteroatoms. The lowest BCUT2D eigenvalue weighted by molar-refractivity contribution is -0.0554. The average Bonchev–Trinajstić information content (AvgIpc) is 1.87. The van der Waals surface area contributed by atoms with E-state index in [4.69, 9.17) is 9.31 Å². The van der Waals surface area contributed by atoms with Crippen LogP contribution < -0.4 is 0 Å². The average molecular weight is 141 g/mol. The Balaban J connectivity index is 2.14. The minimum atomic E-state index is -0.0678. The number of hydrogen-bond acceptors (Lipinski definition) is 3. The summed E-state index contributed by atoms with van der Waals surface area (Å²) in [4.78, 5) is 2.10. The Morgan fingerprint density at radius 3 is 2.30 bits per heavy atom. The first-order chi connectivity index (χ1) is 4.70. The third-order valence-electron chi connectivity index (χ3n) is 2.14. The predicted octanol–water partition coefficient (Wildman–Crippen LogP) is -0.0302. The lowest BCUT2D eigenvalue weighted by atomic mass is 9.81. The minimum Gasteiger partial charge on any atom is -0.396 e. The number of rotatable bonds is 0. The first-order valence-electron chi connectivity index (χ1n) is 3.63. The molecule has 0 spiro atoms. The fourth-order valence-corrected chi connectivity index (χ4v) is 1.66. The summed E-state index contributed by atoms with van der Waals surface area (Å²) in [6.45, 7) is 4.99. The molecule has 0 radical (unpaired) electrons. The van der Waals surface area contributed by atoms with E-state index in [-0.39, 0.29) is 12.7 Å². The molecule has 3 saturated heterocycles. The molecule has 10 heavy (non-hydrogen) atoms. The Hall–Kier alpha value is -0.0551. The number of hydrogen-bond donors (Lipinski definition) is 0. The Bertz CT molecular complexity index is 145. The second-order valence-corrected chi connectivity index (χ2v) is 3.65. The molecule has 56 valence electrons. The van der Waals surface area contributed by atoms with Crippen molar-refractivity contribution >= 4 is 7.25 Å². The highest BCUT2D eigenvalue weighted by atomic mass is 16.6. The zero-order chi connectivity index (χ0) is 7.19. The molecular formula is C6H12BNO2. The molecule has 0 unspecified atom stereocenters. The van der Waals surface area contributed by atoms with E-state index in [2.05, 4.69) is 11.7 Å². The van der Waals surface area contributed by atoms with Gasteiger partial charge < -0.3 is 9.31 Å². The van der Waals surface area contributed by atoms with Crippen LogP contribution in [0.1, 0.15) is 6.92 Å². The van der Waals surface area contributed by atoms with Crippen LogP contribution in [0.3, 0.4) is 0 Å². The summed E-state index contributed by atoms with van der Waals surface area (Å²) >= 11 is 0. The van der Waals surface area contributed by atoms with Crippen LogP contribution in [-0.2, 0) is 9.31 Å². The second kappa shape index (κ2) is 1.97. The van der Waals surface area contributed by atoms with Crippen molar-refractivity contribution in [2.75, 3.05) is 26.8 Å². The van der Waals surface area contributed by atoms with Gasteiger partial charge in [0, 0.05) is 25.2 Å². The molecule has 3 heterocycles. The fourth-order valence-electron chi connectivity index (χ4n) is 1.66. The van der Waals surface area contributed by atoms with Crippen molar-refractivity contribution in [3.05, 3.63) is 0 Å². The van der Waals surface area contributed by atoms with Crippen LogP contribution in [0.15, 0.2) is 0 Å². The van der Waals surface area contributed by atoms with Gasteiger partial charge in [0.2, 0.25) is 0 Å². The third kappa shape index (κ3) is 0.874. The summed E-state index contributed by atoms with van der Waals surface area (Å²) in [5, 5.41) is 0. The summed E-state index contributed by atoms with van der Waals surface area (Å²) in [6, 6.07) is 0. The van der Waals surface area contributed by atoms with E-state index in [1.807, 2.05) is 7.05 Å². The van der Waals surface area contributed by atoms with Gasteiger partial charge in [-0.25, -0.2) is 0 Å². The SMILES string of the molecule is CN1CC2(C)COB1OC2. The molecule has 3 nitrogen and oxygen atoms in total. The maximum Gasteiger partial charge on any atom is 0.557 e. The highest BCUT2D eigenvalue weighted by Gasteiger charge is 2.45. The van der Waals surface area contributed by atoms with Crippen LogP contribution in [0.25, 0.3) is 0 Å². The molecule has 0 aromatic carbocycles. The van der Waals surface area contributed by atoms with Gasteiger partial charge in [-0.1, -0.05) is 6.92 Å². The van der Waals surface area contributed by atoms with Crippen LogP contribution in [0.5, 0.6) is 0 Å². The van der Waals surface area contributed by atoms with Gasteiger partial charge in [-0.2, -0.15) is 0 Å². The van der Waals surface area contributed by atoms with Gasteiger partial charge in [-0.3, -0.25) is 4.81 Å². The lowest BCUT2D eigenvalue weighted by Gasteiger charge is -2.46. The Morgan fingerprint density at radius 1 is 1.40 bits per heavy atom. The zero-order valence-corrected chi connectivity index (χ0v) is 6.46. The van der Waals surface area contributed by atoms with Crippen LogP contribution >= 0.6 is 0 Å². The van der Waals surface area contributed by atoms with Crippen molar-refractivity contribution in [1.29, 1.82) is 0 Å². The lowest BCUT2D eigenvalue weighted by Crippen LogP contribution is -2.61. The van der Waals surface area contributed by atoms with Gasteiger partial charge in [-0.05, 0) is 7.05 Å². The standard InChI is InChI=1S/C6H12BNO2/c1-6-3-8(2)7(9-4-6)10-5-6/h3-5H2,1-2H3. The summed E-state index contributed by atoms with van der Waals surface area (Å²) in [5.41, 5.74) is 0.240. The maximum atomic E-state index is 5.40. The normalized spacial score (nSPS) is 31.2. The quantitative estimate of drug-likeness (QED) is 0.442. The topological polar surface area (TPSA) is 21.7 Å². The molecule has 3 fully saturated rings. The summed E-state index contributed by atoms with van der Waals surface area (Å²) in [5.74, 6) is 0. The zero-order valence-electron chi connectivity index (χ0n) is 6.46. The molecular weight excluding hydrogens is 129 g/mol. The third-order valence-corrected chi connectivity index (χ3v) is 2.14. The number of fused-ring (bicyclic) bond motifs is 3. The van der Waals surface area contributed by atoms with E-state index >= 15 is 0 Å². The summed E-state index contributed by atoms with van der Waals surface area (Å²) in [7, 11) is 1.96. The van der Waals surface area contributed by atoms with Gasteiger partial charge in [0.1, 0.15) is 0 Å². The molecule has 0 N–H and O–H groups in total. The molecule has 0 aliphatic carbocycles. The Morgan fingerprint density at radius 2 is 2.00 bits per heavy atom. The first kappa shape index (κ1) is 6.64. The highest BCUT2D eigenvalue weighted by Crippen LogP contribution is 2.29. The summed E-state index contributed by atoms with van der Waals surface area (Å²) in [6.07, 6.45) is 0. The maximum absolute atomic E-state index is 5.40. The van der Waals surface area contributed by atoms with E-state index in [9.17, 15) is 0 Å². The fraction of sp³-hybridized carbons (Fsp3) is 1.00. The second-order valence-electron chi connectivity index (χ2n) is 3.65. The largest absolute Gasteiger partial charge is 0.557 e. The van der Waals surface area contributed by atoms with Crippen molar-refractivity contribution in [3.8, 4) is 0 Å². The van der Waals surface area contributed by atoms with E-state index in [0.717, 1.165) is 19.8 Å². The molecule has 0 saturated carbocycles. The van der Waals surface area contributed by atoms with Crippen molar-refractivity contribution in [1.82, 2.24) is 4.81 Å². The van der Waals surface area contributed by atoms with Gasteiger partial charge in [0.15, 0.2) is 0 Å². The van der Waals surface area contributed by atoms with Gasteiger partial charge >= 0.3 is 7.25 Å². The molecule has 3 rings (SSSR count). The van der Waals surface area contributed by atoms with E-state index in [1.54, 1.807) is 0 Å². The van der Waals surface area contributed by atoms with E-state index in [1.165, 1.54) is 0 Å². The van der Waals surface area contributed by atoms with E-state index < -0.39 is 0 Å². The molecule has 0 atom stereocenters. The smallest absolute Gasteiger partial charge is 0.396 e. The molecule has 0 amide bonds. The van der Waals surface area contributed by atoms with Crippen molar-refractivity contribution in [2.45, 2.75) is 6.92 Å². The van der Waals surface area contributed by atoms with Crippen molar-refractivity contribution in [3.63, 3.8) is 0 Å². The van der Waals surface area contributed by atoms with Crippen LogP contribution in [-0.4, -0.2) is 38.9 Å². The van der Waals surface area contributed by atoms with Crippen LogP contribution in [0, 0.1) is 5.41 Å². The van der Waals surface area contributed by atoms with Gasteiger partial charge in [0.25, 0.3) is 0 Å². The first-order valence-corrected chi connectivity index (χ1v) is 3.63.